The Hall–Kier alpha value is -1.84. The van der Waals surface area contributed by atoms with Crippen molar-refractivity contribution in [3.05, 3.63) is 29.6 Å². The Kier molecular flexibility index (Phi) is 3.50. The Morgan fingerprint density at radius 1 is 1.54 bits per heavy atom. The van der Waals surface area contributed by atoms with Gasteiger partial charge in [0.25, 0.3) is 0 Å². The molecule has 1 rings (SSSR count). The monoisotopic (exact) mass is 171 g/mol. The van der Waals surface area contributed by atoms with Crippen LogP contribution in [0.3, 0.4) is 0 Å². The molecular formula is C10H9N3. The molecule has 0 aliphatic carbocycles. The third kappa shape index (κ3) is 2.94. The van der Waals surface area contributed by atoms with Gasteiger partial charge in [-0.05, 0) is 25.1 Å². The van der Waals surface area contributed by atoms with Gasteiger partial charge in [-0.3, -0.25) is 0 Å². The number of hydrogen-bond acceptors (Lipinski definition) is 3. The summed E-state index contributed by atoms with van der Waals surface area (Å²) in [6.07, 6.45) is 1.52. The summed E-state index contributed by atoms with van der Waals surface area (Å²) in [6.45, 7) is 0.641. The normalized spacial score (nSPS) is 8.31. The van der Waals surface area contributed by atoms with Crippen LogP contribution >= 0.6 is 0 Å². The van der Waals surface area contributed by atoms with E-state index in [1.807, 2.05) is 13.1 Å². The highest BCUT2D eigenvalue weighted by molar-refractivity contribution is 5.33. The number of nitriles is 1. The minimum absolute atomic E-state index is 0.555. The first-order chi connectivity index (χ1) is 6.36. The zero-order valence-corrected chi connectivity index (χ0v) is 7.33. The van der Waals surface area contributed by atoms with Crippen LogP contribution in [0.15, 0.2) is 18.3 Å². The lowest BCUT2D eigenvalue weighted by molar-refractivity contribution is 0.938. The van der Waals surface area contributed by atoms with Crippen LogP contribution in [-0.2, 0) is 0 Å². The van der Waals surface area contributed by atoms with E-state index in [-0.39, 0.29) is 0 Å². The molecular weight excluding hydrogens is 162 g/mol. The molecule has 0 radical (unpaired) electrons. The maximum Gasteiger partial charge on any atom is 0.113 e. The average molecular weight is 171 g/mol. The van der Waals surface area contributed by atoms with Gasteiger partial charge >= 0.3 is 0 Å². The largest absolute Gasteiger partial charge is 0.309 e. The number of nitrogens with one attached hydrogen (secondary N) is 1. The molecule has 1 aromatic rings. The lowest BCUT2D eigenvalue weighted by Gasteiger charge is -1.89. The quantitative estimate of drug-likeness (QED) is 0.627. The molecule has 1 aromatic heterocycles. The van der Waals surface area contributed by atoms with Crippen LogP contribution in [0.1, 0.15) is 11.3 Å². The number of hydrogen-bond donors (Lipinski definition) is 1. The molecule has 0 unspecified atom stereocenters. The van der Waals surface area contributed by atoms with Crippen molar-refractivity contribution in [2.75, 3.05) is 13.6 Å². The smallest absolute Gasteiger partial charge is 0.113 e. The van der Waals surface area contributed by atoms with Crippen LogP contribution in [0, 0.1) is 23.2 Å². The standard InChI is InChI=1S/C10H9N3/c1-12-6-2-3-10-5-4-9(7-11)8-13-10/h4-5,8,12H,6H2,1H3. The van der Waals surface area contributed by atoms with E-state index in [0.29, 0.717) is 17.8 Å². The van der Waals surface area contributed by atoms with E-state index in [4.69, 9.17) is 5.26 Å². The summed E-state index contributed by atoms with van der Waals surface area (Å²) in [7, 11) is 1.83. The van der Waals surface area contributed by atoms with Crippen LogP contribution in [-0.4, -0.2) is 18.6 Å². The molecule has 0 aliphatic rings. The van der Waals surface area contributed by atoms with Gasteiger partial charge in [0.15, 0.2) is 0 Å². The third-order valence-corrected chi connectivity index (χ3v) is 1.37. The molecule has 1 N–H and O–H groups in total. The van der Waals surface area contributed by atoms with Crippen molar-refractivity contribution < 1.29 is 0 Å². The number of pyridine rings is 1. The molecule has 0 aliphatic heterocycles. The third-order valence-electron chi connectivity index (χ3n) is 1.37. The topological polar surface area (TPSA) is 48.7 Å². The molecule has 3 nitrogen and oxygen atoms in total. The van der Waals surface area contributed by atoms with Gasteiger partial charge in [-0.25, -0.2) is 4.98 Å². The minimum Gasteiger partial charge on any atom is -0.309 e. The van der Waals surface area contributed by atoms with Crippen molar-refractivity contribution in [2.24, 2.45) is 0 Å². The molecule has 0 atom stereocenters. The molecule has 64 valence electrons. The predicted octanol–water partition coefficient (Wildman–Crippen LogP) is 0.524. The van der Waals surface area contributed by atoms with Crippen LogP contribution in [0.4, 0.5) is 0 Å². The molecule has 0 bridgehead atoms. The molecule has 0 spiro atoms. The van der Waals surface area contributed by atoms with E-state index in [2.05, 4.69) is 22.1 Å². The van der Waals surface area contributed by atoms with Crippen molar-refractivity contribution in [3.8, 4) is 17.9 Å². The van der Waals surface area contributed by atoms with Gasteiger partial charge in [0.05, 0.1) is 12.1 Å². The first-order valence-corrected chi connectivity index (χ1v) is 3.86. The van der Waals surface area contributed by atoms with Crippen LogP contribution in [0.25, 0.3) is 0 Å². The Morgan fingerprint density at radius 3 is 2.92 bits per heavy atom. The van der Waals surface area contributed by atoms with Gasteiger partial charge in [0.2, 0.25) is 0 Å². The lowest BCUT2D eigenvalue weighted by atomic mass is 10.3. The summed E-state index contributed by atoms with van der Waals surface area (Å²) in [5.41, 5.74) is 1.24. The van der Waals surface area contributed by atoms with Crippen molar-refractivity contribution in [3.63, 3.8) is 0 Å². The van der Waals surface area contributed by atoms with Gasteiger partial charge in [-0.15, -0.1) is 0 Å². The number of rotatable bonds is 1. The van der Waals surface area contributed by atoms with Gasteiger partial charge < -0.3 is 5.32 Å². The molecule has 3 heteroatoms. The van der Waals surface area contributed by atoms with Crippen LogP contribution in [0.2, 0.25) is 0 Å². The number of aromatic nitrogens is 1. The zero-order valence-electron chi connectivity index (χ0n) is 7.33. The molecule has 0 fully saturated rings. The van der Waals surface area contributed by atoms with Gasteiger partial charge in [-0.2, -0.15) is 5.26 Å². The van der Waals surface area contributed by atoms with Gasteiger partial charge in [0, 0.05) is 6.20 Å². The SMILES string of the molecule is CNCC#Cc1ccc(C#N)cn1. The molecule has 0 amide bonds. The average Bonchev–Trinajstić information content (AvgIpc) is 2.19. The Bertz CT molecular complexity index is 362. The first-order valence-electron chi connectivity index (χ1n) is 3.86. The molecule has 13 heavy (non-hydrogen) atoms. The number of nitrogens with zero attached hydrogens (tertiary/aromatic N) is 2. The van der Waals surface area contributed by atoms with Crippen molar-refractivity contribution in [1.29, 1.82) is 5.26 Å². The summed E-state index contributed by atoms with van der Waals surface area (Å²) in [4.78, 5) is 4.00. The zero-order chi connectivity index (χ0) is 9.52. The van der Waals surface area contributed by atoms with Crippen molar-refractivity contribution in [1.82, 2.24) is 10.3 Å². The van der Waals surface area contributed by atoms with E-state index in [1.165, 1.54) is 6.20 Å². The molecule has 0 saturated carbocycles. The Morgan fingerprint density at radius 2 is 2.38 bits per heavy atom. The van der Waals surface area contributed by atoms with Crippen LogP contribution in [0.5, 0.6) is 0 Å². The Balaban J connectivity index is 2.72. The summed E-state index contributed by atoms with van der Waals surface area (Å²) in [6, 6.07) is 5.44. The highest BCUT2D eigenvalue weighted by Gasteiger charge is 1.89. The highest BCUT2D eigenvalue weighted by atomic mass is 14.8. The summed E-state index contributed by atoms with van der Waals surface area (Å²) < 4.78 is 0. The van der Waals surface area contributed by atoms with E-state index in [1.54, 1.807) is 12.1 Å². The summed E-state index contributed by atoms with van der Waals surface area (Å²) >= 11 is 0. The fourth-order valence-electron chi connectivity index (χ4n) is 0.757. The maximum atomic E-state index is 8.51. The van der Waals surface area contributed by atoms with Crippen molar-refractivity contribution in [2.45, 2.75) is 0 Å². The molecule has 1 heterocycles. The Labute approximate surface area is 77.4 Å². The fraction of sp³-hybridized carbons (Fsp3) is 0.200. The fourth-order valence-corrected chi connectivity index (χ4v) is 0.757. The maximum absolute atomic E-state index is 8.51. The van der Waals surface area contributed by atoms with E-state index in [0.717, 1.165) is 0 Å². The summed E-state index contributed by atoms with van der Waals surface area (Å²) in [5, 5.41) is 11.4. The van der Waals surface area contributed by atoms with Crippen LogP contribution < -0.4 is 5.32 Å². The van der Waals surface area contributed by atoms with E-state index in [9.17, 15) is 0 Å². The lowest BCUT2D eigenvalue weighted by Crippen LogP contribution is -2.04. The highest BCUT2D eigenvalue weighted by Crippen LogP contribution is 1.96. The molecule has 0 aromatic carbocycles. The second-order valence-corrected chi connectivity index (χ2v) is 2.38. The van der Waals surface area contributed by atoms with E-state index >= 15 is 0 Å². The first kappa shape index (κ1) is 9.25. The van der Waals surface area contributed by atoms with Gasteiger partial charge in [-0.1, -0.05) is 5.92 Å². The molecule has 0 saturated heterocycles. The summed E-state index contributed by atoms with van der Waals surface area (Å²) in [5.74, 6) is 5.75. The minimum atomic E-state index is 0.555. The van der Waals surface area contributed by atoms with E-state index < -0.39 is 0 Å². The predicted molar refractivity (Wildman–Crippen MR) is 49.8 cm³/mol. The van der Waals surface area contributed by atoms with Crippen molar-refractivity contribution >= 4 is 0 Å². The van der Waals surface area contributed by atoms with Gasteiger partial charge in [0.1, 0.15) is 11.8 Å². The second kappa shape index (κ2) is 4.92. The second-order valence-electron chi connectivity index (χ2n) is 2.38.